The van der Waals surface area contributed by atoms with Crippen molar-refractivity contribution in [2.45, 2.75) is 51.2 Å². The molecule has 152 valence electrons. The van der Waals surface area contributed by atoms with Crippen molar-refractivity contribution in [2.75, 3.05) is 0 Å². The first kappa shape index (κ1) is 20.6. The molecule has 5 nitrogen and oxygen atoms in total. The van der Waals surface area contributed by atoms with Gasteiger partial charge < -0.3 is 14.6 Å². The molecule has 0 aromatic heterocycles. The average molecular weight is 394 g/mol. The van der Waals surface area contributed by atoms with Gasteiger partial charge >= 0.3 is 11.9 Å². The molecule has 0 aliphatic heterocycles. The molecule has 1 unspecified atom stereocenters. The molecule has 1 atom stereocenters. The second-order valence-corrected chi connectivity index (χ2v) is 7.18. The minimum Gasteiger partial charge on any atom is -0.479 e. The predicted octanol–water partition coefficient (Wildman–Crippen LogP) is 5.16. The van der Waals surface area contributed by atoms with Crippen LogP contribution in [0.4, 0.5) is 0 Å². The lowest BCUT2D eigenvalue weighted by Gasteiger charge is -2.18. The van der Waals surface area contributed by atoms with Crippen LogP contribution < -0.4 is 4.74 Å². The van der Waals surface area contributed by atoms with Gasteiger partial charge in [-0.25, -0.2) is 9.59 Å². The summed E-state index contributed by atoms with van der Waals surface area (Å²) in [5, 5.41) is 9.47. The zero-order valence-electron chi connectivity index (χ0n) is 16.4. The fraction of sp³-hybridized carbons (Fsp3) is 0.333. The van der Waals surface area contributed by atoms with Crippen molar-refractivity contribution in [1.82, 2.24) is 0 Å². The lowest BCUT2D eigenvalue weighted by atomic mass is 9.95. The highest BCUT2D eigenvalue weighted by Gasteiger charge is 2.20. The number of aliphatic carboxylic acids is 1. The normalized spacial score (nSPS) is 14.6. The van der Waals surface area contributed by atoms with Gasteiger partial charge in [0.05, 0.1) is 5.56 Å². The summed E-state index contributed by atoms with van der Waals surface area (Å²) in [5.41, 5.74) is 2.63. The number of carbonyl (C=O) groups is 2. The predicted molar refractivity (Wildman–Crippen MR) is 110 cm³/mol. The van der Waals surface area contributed by atoms with Crippen LogP contribution in [0.1, 0.15) is 54.4 Å². The number of rotatable bonds is 9. The molecule has 0 amide bonds. The third-order valence-electron chi connectivity index (χ3n) is 4.97. The monoisotopic (exact) mass is 394 g/mol. The third-order valence-corrected chi connectivity index (χ3v) is 4.97. The van der Waals surface area contributed by atoms with Crippen molar-refractivity contribution < 1.29 is 24.2 Å². The van der Waals surface area contributed by atoms with E-state index in [2.05, 4.69) is 6.08 Å². The molecule has 1 aliphatic rings. The van der Waals surface area contributed by atoms with E-state index in [1.165, 1.54) is 18.4 Å². The lowest BCUT2D eigenvalue weighted by Crippen LogP contribution is -2.27. The summed E-state index contributed by atoms with van der Waals surface area (Å²) in [5.74, 6) is -0.984. The molecular weight excluding hydrogens is 368 g/mol. The van der Waals surface area contributed by atoms with Crippen molar-refractivity contribution in [3.8, 4) is 5.75 Å². The van der Waals surface area contributed by atoms with Crippen LogP contribution in [0, 0.1) is 0 Å². The largest absolute Gasteiger partial charge is 0.479 e. The molecule has 0 radical (unpaired) electrons. The Bertz CT molecular complexity index is 839. The molecule has 0 spiro atoms. The molecule has 2 aromatic carbocycles. The molecular formula is C24H26O5. The Labute approximate surface area is 171 Å². The van der Waals surface area contributed by atoms with E-state index in [0.29, 0.717) is 17.7 Å². The Balaban J connectivity index is 1.52. The number of carbonyl (C=O) groups excluding carboxylic acids is 1. The molecule has 0 saturated carbocycles. The fourth-order valence-corrected chi connectivity index (χ4v) is 3.32. The van der Waals surface area contributed by atoms with E-state index < -0.39 is 18.0 Å². The average Bonchev–Trinajstić information content (AvgIpc) is 2.76. The number of hydrogen-bond donors (Lipinski definition) is 1. The number of esters is 1. The van der Waals surface area contributed by atoms with E-state index in [9.17, 15) is 14.7 Å². The van der Waals surface area contributed by atoms with Crippen molar-refractivity contribution in [1.29, 1.82) is 0 Å². The van der Waals surface area contributed by atoms with Crippen LogP contribution in [-0.2, 0) is 16.1 Å². The second-order valence-electron chi connectivity index (χ2n) is 7.18. The van der Waals surface area contributed by atoms with Crippen LogP contribution in [0.15, 0.2) is 66.2 Å². The van der Waals surface area contributed by atoms with Crippen LogP contribution in [0.5, 0.6) is 5.75 Å². The highest BCUT2D eigenvalue weighted by Crippen LogP contribution is 2.23. The molecule has 3 rings (SSSR count). The highest BCUT2D eigenvalue weighted by molar-refractivity contribution is 5.89. The van der Waals surface area contributed by atoms with E-state index in [0.717, 1.165) is 24.8 Å². The summed E-state index contributed by atoms with van der Waals surface area (Å²) in [6, 6.07) is 15.8. The quantitative estimate of drug-likeness (QED) is 0.470. The summed E-state index contributed by atoms with van der Waals surface area (Å²) in [4.78, 5) is 23.7. The van der Waals surface area contributed by atoms with Crippen molar-refractivity contribution >= 4 is 11.9 Å². The standard InChI is InChI=1S/C24H26O5/c25-23(26)22(16-11-18-7-3-1-4-8-18)29-21-14-12-20(13-15-21)24(27)28-17-19-9-5-2-6-10-19/h2,5-7,9-10,12-15,22H,1,3-4,8,11,16-17H2,(H,25,26). The van der Waals surface area contributed by atoms with Crippen LogP contribution >= 0.6 is 0 Å². The van der Waals surface area contributed by atoms with Gasteiger partial charge in [-0.1, -0.05) is 42.0 Å². The Morgan fingerprint density at radius 1 is 1.00 bits per heavy atom. The summed E-state index contributed by atoms with van der Waals surface area (Å²) in [6.45, 7) is 0.203. The van der Waals surface area contributed by atoms with Gasteiger partial charge in [-0.15, -0.1) is 0 Å². The van der Waals surface area contributed by atoms with Gasteiger partial charge in [0.2, 0.25) is 0 Å². The SMILES string of the molecule is O=C(OCc1ccccc1)c1ccc(OC(CCC2=CCCCC2)C(=O)O)cc1. The van der Waals surface area contributed by atoms with Gasteiger partial charge in [-0.2, -0.15) is 0 Å². The van der Waals surface area contributed by atoms with E-state index in [4.69, 9.17) is 9.47 Å². The van der Waals surface area contributed by atoms with Crippen molar-refractivity contribution in [3.63, 3.8) is 0 Å². The Morgan fingerprint density at radius 3 is 2.41 bits per heavy atom. The minimum atomic E-state index is -0.979. The first-order valence-electron chi connectivity index (χ1n) is 10.0. The van der Waals surface area contributed by atoms with Gasteiger partial charge in [0.1, 0.15) is 12.4 Å². The zero-order chi connectivity index (χ0) is 20.5. The second kappa shape index (κ2) is 10.5. The van der Waals surface area contributed by atoms with Gasteiger partial charge in [0.25, 0.3) is 0 Å². The number of allylic oxidation sites excluding steroid dienone is 2. The Morgan fingerprint density at radius 2 is 1.76 bits per heavy atom. The third kappa shape index (κ3) is 6.49. The summed E-state index contributed by atoms with van der Waals surface area (Å²) in [7, 11) is 0. The minimum absolute atomic E-state index is 0.203. The van der Waals surface area contributed by atoms with Crippen molar-refractivity contribution in [3.05, 3.63) is 77.4 Å². The molecule has 0 saturated heterocycles. The summed E-state index contributed by atoms with van der Waals surface area (Å²) in [6.07, 6.45) is 6.99. The van der Waals surface area contributed by atoms with Gasteiger partial charge in [0, 0.05) is 0 Å². The topological polar surface area (TPSA) is 72.8 Å². The maximum absolute atomic E-state index is 12.2. The molecule has 1 aliphatic carbocycles. The number of carboxylic acids is 1. The van der Waals surface area contributed by atoms with Crippen LogP contribution in [0.2, 0.25) is 0 Å². The molecule has 2 aromatic rings. The van der Waals surface area contributed by atoms with E-state index in [1.807, 2.05) is 30.3 Å². The van der Waals surface area contributed by atoms with Crippen molar-refractivity contribution in [2.24, 2.45) is 0 Å². The van der Waals surface area contributed by atoms with Crippen LogP contribution in [0.3, 0.4) is 0 Å². The van der Waals surface area contributed by atoms with Gasteiger partial charge in [-0.05, 0) is 68.4 Å². The van der Waals surface area contributed by atoms with E-state index in [1.54, 1.807) is 24.3 Å². The molecule has 1 N–H and O–H groups in total. The smallest absolute Gasteiger partial charge is 0.344 e. The van der Waals surface area contributed by atoms with Crippen LogP contribution in [0.25, 0.3) is 0 Å². The number of benzene rings is 2. The number of hydrogen-bond acceptors (Lipinski definition) is 4. The number of ether oxygens (including phenoxy) is 2. The maximum Gasteiger partial charge on any atom is 0.344 e. The van der Waals surface area contributed by atoms with Gasteiger partial charge in [-0.3, -0.25) is 0 Å². The molecule has 0 bridgehead atoms. The Kier molecular flexibility index (Phi) is 7.45. The molecule has 0 heterocycles. The first-order chi connectivity index (χ1) is 14.1. The first-order valence-corrected chi connectivity index (χ1v) is 10.0. The van der Waals surface area contributed by atoms with Gasteiger partial charge in [0.15, 0.2) is 6.10 Å². The summed E-state index contributed by atoms with van der Waals surface area (Å²) >= 11 is 0. The lowest BCUT2D eigenvalue weighted by molar-refractivity contribution is -0.145. The fourth-order valence-electron chi connectivity index (χ4n) is 3.32. The van der Waals surface area contributed by atoms with E-state index >= 15 is 0 Å². The Hall–Kier alpha value is -3.08. The summed E-state index contributed by atoms with van der Waals surface area (Å²) < 4.78 is 11.0. The van der Waals surface area contributed by atoms with Crippen LogP contribution in [-0.4, -0.2) is 23.1 Å². The van der Waals surface area contributed by atoms with E-state index in [-0.39, 0.29) is 6.61 Å². The molecule has 5 heteroatoms. The maximum atomic E-state index is 12.2. The zero-order valence-corrected chi connectivity index (χ0v) is 16.4. The highest BCUT2D eigenvalue weighted by atomic mass is 16.5. The molecule has 29 heavy (non-hydrogen) atoms. The number of carboxylic acid groups (broad SMARTS) is 1. The molecule has 0 fully saturated rings.